The maximum absolute atomic E-state index is 13.6. The monoisotopic (exact) mass is 297 g/mol. The molecule has 1 atom stereocenters. The molecule has 1 N–H and O–H groups in total. The van der Waals surface area contributed by atoms with E-state index < -0.39 is 35.2 Å². The van der Waals surface area contributed by atoms with Crippen molar-refractivity contribution in [2.45, 2.75) is 13.0 Å². The molecule has 0 aromatic heterocycles. The number of amides is 1. The summed E-state index contributed by atoms with van der Waals surface area (Å²) in [7, 11) is 0. The minimum absolute atomic E-state index is 0.230. The Hall–Kier alpha value is -2.37. The highest BCUT2D eigenvalue weighted by atomic mass is 19.2. The Balaban J connectivity index is 2.20. The van der Waals surface area contributed by atoms with E-state index in [0.29, 0.717) is 12.1 Å². The fourth-order valence-corrected chi connectivity index (χ4v) is 1.87. The van der Waals surface area contributed by atoms with E-state index in [-0.39, 0.29) is 11.1 Å². The van der Waals surface area contributed by atoms with Crippen LogP contribution in [-0.4, -0.2) is 5.91 Å². The molecule has 110 valence electrons. The van der Waals surface area contributed by atoms with E-state index in [2.05, 4.69) is 5.32 Å². The molecule has 0 aliphatic rings. The van der Waals surface area contributed by atoms with Gasteiger partial charge in [-0.05, 0) is 25.1 Å². The topological polar surface area (TPSA) is 29.1 Å². The van der Waals surface area contributed by atoms with Gasteiger partial charge in [-0.1, -0.05) is 18.2 Å². The molecule has 0 aliphatic carbocycles. The van der Waals surface area contributed by atoms with Gasteiger partial charge in [0.1, 0.15) is 5.82 Å². The van der Waals surface area contributed by atoms with Gasteiger partial charge in [-0.2, -0.15) is 0 Å². The molecule has 1 unspecified atom stereocenters. The molecule has 6 heteroatoms. The van der Waals surface area contributed by atoms with Crippen molar-refractivity contribution in [2.75, 3.05) is 0 Å². The van der Waals surface area contributed by atoms with Gasteiger partial charge in [-0.3, -0.25) is 4.79 Å². The van der Waals surface area contributed by atoms with Crippen molar-refractivity contribution in [3.8, 4) is 0 Å². The molecule has 0 bridgehead atoms. The van der Waals surface area contributed by atoms with Gasteiger partial charge in [0.05, 0.1) is 6.04 Å². The van der Waals surface area contributed by atoms with E-state index in [9.17, 15) is 22.4 Å². The summed E-state index contributed by atoms with van der Waals surface area (Å²) in [6.07, 6.45) is 0. The molecule has 2 aromatic carbocycles. The number of carbonyl (C=O) groups excluding carboxylic acids is 1. The van der Waals surface area contributed by atoms with Crippen molar-refractivity contribution in [1.29, 1.82) is 0 Å². The zero-order valence-corrected chi connectivity index (χ0v) is 11.0. The van der Waals surface area contributed by atoms with Crippen LogP contribution in [0, 0.1) is 23.3 Å². The Morgan fingerprint density at radius 1 is 1.00 bits per heavy atom. The van der Waals surface area contributed by atoms with E-state index in [4.69, 9.17) is 0 Å². The summed E-state index contributed by atoms with van der Waals surface area (Å²) < 4.78 is 52.5. The van der Waals surface area contributed by atoms with Crippen LogP contribution in [0.2, 0.25) is 0 Å². The summed E-state index contributed by atoms with van der Waals surface area (Å²) in [4.78, 5) is 11.9. The number of nitrogens with one attached hydrogen (secondary N) is 1. The van der Waals surface area contributed by atoms with E-state index in [0.717, 1.165) is 0 Å². The molecule has 1 amide bonds. The average molecular weight is 297 g/mol. The Kier molecular flexibility index (Phi) is 4.26. The molecule has 2 nitrogen and oxygen atoms in total. The molecule has 0 fully saturated rings. The van der Waals surface area contributed by atoms with Crippen LogP contribution < -0.4 is 5.32 Å². The van der Waals surface area contributed by atoms with Crippen LogP contribution in [0.15, 0.2) is 36.4 Å². The zero-order chi connectivity index (χ0) is 15.6. The molecule has 2 rings (SSSR count). The second-order valence-electron chi connectivity index (χ2n) is 4.47. The Labute approximate surface area is 118 Å². The Morgan fingerprint density at radius 3 is 2.14 bits per heavy atom. The predicted octanol–water partition coefficient (Wildman–Crippen LogP) is 3.73. The van der Waals surface area contributed by atoms with Gasteiger partial charge < -0.3 is 5.32 Å². The second kappa shape index (κ2) is 5.95. The number of rotatable bonds is 3. The zero-order valence-electron chi connectivity index (χ0n) is 11.0. The van der Waals surface area contributed by atoms with Crippen molar-refractivity contribution >= 4 is 5.91 Å². The normalized spacial score (nSPS) is 12.0. The first-order valence-corrected chi connectivity index (χ1v) is 6.10. The number of halogens is 4. The van der Waals surface area contributed by atoms with Gasteiger partial charge in [0.15, 0.2) is 17.5 Å². The standard InChI is InChI=1S/C15H11F4NO/c1-8(10-4-2-3-5-11(10)16)20-15(21)9-6-12(17)14(19)13(18)7-9/h2-8H,1H3,(H,20,21). The van der Waals surface area contributed by atoms with Crippen molar-refractivity contribution in [3.63, 3.8) is 0 Å². The van der Waals surface area contributed by atoms with Gasteiger partial charge in [0.2, 0.25) is 0 Å². The van der Waals surface area contributed by atoms with Crippen molar-refractivity contribution < 1.29 is 22.4 Å². The molecule has 0 saturated carbocycles. The van der Waals surface area contributed by atoms with E-state index in [1.807, 2.05) is 0 Å². The molecule has 21 heavy (non-hydrogen) atoms. The van der Waals surface area contributed by atoms with E-state index in [1.165, 1.54) is 25.1 Å². The van der Waals surface area contributed by atoms with E-state index >= 15 is 0 Å². The SMILES string of the molecule is CC(NC(=O)c1cc(F)c(F)c(F)c1)c1ccccc1F. The largest absolute Gasteiger partial charge is 0.345 e. The molecular formula is C15H11F4NO. The minimum atomic E-state index is -1.64. The number of benzene rings is 2. The minimum Gasteiger partial charge on any atom is -0.345 e. The molecule has 0 aliphatic heterocycles. The van der Waals surface area contributed by atoms with Crippen molar-refractivity contribution in [1.82, 2.24) is 5.32 Å². The molecule has 0 radical (unpaired) electrons. The van der Waals surface area contributed by atoms with Gasteiger partial charge in [0.25, 0.3) is 5.91 Å². The maximum atomic E-state index is 13.6. The van der Waals surface area contributed by atoms with Crippen LogP contribution >= 0.6 is 0 Å². The third-order valence-electron chi connectivity index (χ3n) is 2.97. The smallest absolute Gasteiger partial charge is 0.251 e. The summed E-state index contributed by atoms with van der Waals surface area (Å²) in [6.45, 7) is 1.52. The quantitative estimate of drug-likeness (QED) is 0.678. The molecule has 0 spiro atoms. The fraction of sp³-hybridized carbons (Fsp3) is 0.133. The van der Waals surface area contributed by atoms with Gasteiger partial charge in [-0.15, -0.1) is 0 Å². The molecule has 0 heterocycles. The Morgan fingerprint density at radius 2 is 1.57 bits per heavy atom. The van der Waals surface area contributed by atoms with Gasteiger partial charge in [-0.25, -0.2) is 17.6 Å². The van der Waals surface area contributed by atoms with Crippen LogP contribution in [0.4, 0.5) is 17.6 Å². The highest BCUT2D eigenvalue weighted by Gasteiger charge is 2.18. The maximum Gasteiger partial charge on any atom is 0.251 e. The van der Waals surface area contributed by atoms with Crippen LogP contribution in [0.1, 0.15) is 28.9 Å². The van der Waals surface area contributed by atoms with Gasteiger partial charge >= 0.3 is 0 Å². The Bertz CT molecular complexity index is 664. The molecule has 2 aromatic rings. The first-order chi connectivity index (χ1) is 9.90. The highest BCUT2D eigenvalue weighted by molar-refractivity contribution is 5.94. The van der Waals surface area contributed by atoms with Crippen LogP contribution in [-0.2, 0) is 0 Å². The summed E-state index contributed by atoms with van der Waals surface area (Å²) >= 11 is 0. The molecule has 0 saturated heterocycles. The summed E-state index contributed by atoms with van der Waals surface area (Å²) in [6, 6.07) is 6.26. The lowest BCUT2D eigenvalue weighted by molar-refractivity contribution is 0.0938. The van der Waals surface area contributed by atoms with Crippen LogP contribution in [0.5, 0.6) is 0 Å². The van der Waals surface area contributed by atoms with Crippen molar-refractivity contribution in [3.05, 3.63) is 70.8 Å². The summed E-state index contributed by atoms with van der Waals surface area (Å²) in [5.41, 5.74) is -0.150. The van der Waals surface area contributed by atoms with E-state index in [1.54, 1.807) is 6.07 Å². The fourth-order valence-electron chi connectivity index (χ4n) is 1.87. The van der Waals surface area contributed by atoms with Crippen molar-refractivity contribution in [2.24, 2.45) is 0 Å². The highest BCUT2D eigenvalue weighted by Crippen LogP contribution is 2.18. The van der Waals surface area contributed by atoms with Crippen LogP contribution in [0.3, 0.4) is 0 Å². The number of hydrogen-bond acceptors (Lipinski definition) is 1. The lowest BCUT2D eigenvalue weighted by Gasteiger charge is -2.15. The lowest BCUT2D eigenvalue weighted by Crippen LogP contribution is -2.27. The summed E-state index contributed by atoms with van der Waals surface area (Å²) in [5, 5.41) is 2.39. The second-order valence-corrected chi connectivity index (χ2v) is 4.47. The first kappa shape index (κ1) is 15.0. The molecular weight excluding hydrogens is 286 g/mol. The lowest BCUT2D eigenvalue weighted by atomic mass is 10.1. The predicted molar refractivity (Wildman–Crippen MR) is 68.6 cm³/mol. The third kappa shape index (κ3) is 3.21. The number of carbonyl (C=O) groups is 1. The summed E-state index contributed by atoms with van der Waals surface area (Å²) in [5.74, 6) is -5.91. The van der Waals surface area contributed by atoms with Crippen LogP contribution in [0.25, 0.3) is 0 Å². The number of hydrogen-bond donors (Lipinski definition) is 1. The third-order valence-corrected chi connectivity index (χ3v) is 2.97. The average Bonchev–Trinajstić information content (AvgIpc) is 2.44. The van der Waals surface area contributed by atoms with Gasteiger partial charge in [0, 0.05) is 11.1 Å². The first-order valence-electron chi connectivity index (χ1n) is 6.10.